The number of hydrogen-bond donors (Lipinski definition) is 1. The van der Waals surface area contributed by atoms with Gasteiger partial charge in [0, 0.05) is 16.9 Å². The molecule has 0 aliphatic rings. The van der Waals surface area contributed by atoms with Gasteiger partial charge in [0.2, 0.25) is 5.91 Å². The summed E-state index contributed by atoms with van der Waals surface area (Å²) in [5.41, 5.74) is 1.14. The van der Waals surface area contributed by atoms with Gasteiger partial charge < -0.3 is 14.8 Å². The lowest BCUT2D eigenvalue weighted by molar-refractivity contribution is -0.130. The molecule has 0 fully saturated rings. The van der Waals surface area contributed by atoms with Gasteiger partial charge in [-0.25, -0.2) is 0 Å². The van der Waals surface area contributed by atoms with Gasteiger partial charge in [0.15, 0.2) is 0 Å². The predicted octanol–water partition coefficient (Wildman–Crippen LogP) is 3.07. The van der Waals surface area contributed by atoms with Crippen LogP contribution >= 0.6 is 11.3 Å². The zero-order valence-corrected chi connectivity index (χ0v) is 13.2. The Hall–Kier alpha value is -1.85. The van der Waals surface area contributed by atoms with E-state index in [9.17, 15) is 4.79 Å². The van der Waals surface area contributed by atoms with Crippen molar-refractivity contribution < 1.29 is 14.3 Å². The van der Waals surface area contributed by atoms with Gasteiger partial charge in [-0.15, -0.1) is 11.3 Å². The molecule has 0 radical (unpaired) electrons. The number of benzene rings is 1. The number of nitrogens with one attached hydrogen (secondary N) is 1. The summed E-state index contributed by atoms with van der Waals surface area (Å²) in [6, 6.07) is 12.0. The number of thiophene rings is 1. The Balaban J connectivity index is 1.99. The van der Waals surface area contributed by atoms with Gasteiger partial charge in [-0.05, 0) is 48.9 Å². The van der Waals surface area contributed by atoms with Crippen LogP contribution in [-0.4, -0.2) is 26.2 Å². The van der Waals surface area contributed by atoms with Crippen LogP contribution in [0, 0.1) is 0 Å². The average Bonchev–Trinajstić information content (AvgIpc) is 3.00. The SMILES string of the molecule is COc1ccc(-c2ccc(CNC(=O)[C@@H](C)OC)s2)cc1. The molecular formula is C16H19NO3S. The van der Waals surface area contributed by atoms with Crippen LogP contribution in [0.15, 0.2) is 36.4 Å². The molecule has 0 unspecified atom stereocenters. The van der Waals surface area contributed by atoms with Gasteiger partial charge in [-0.2, -0.15) is 0 Å². The van der Waals surface area contributed by atoms with E-state index in [0.717, 1.165) is 16.2 Å². The quantitative estimate of drug-likeness (QED) is 0.892. The van der Waals surface area contributed by atoms with Crippen LogP contribution in [0.1, 0.15) is 11.8 Å². The molecular weight excluding hydrogens is 286 g/mol. The van der Waals surface area contributed by atoms with Crippen molar-refractivity contribution in [2.75, 3.05) is 14.2 Å². The van der Waals surface area contributed by atoms with E-state index < -0.39 is 6.10 Å². The highest BCUT2D eigenvalue weighted by Gasteiger charge is 2.11. The van der Waals surface area contributed by atoms with Crippen LogP contribution in [0.4, 0.5) is 0 Å². The first-order valence-electron chi connectivity index (χ1n) is 6.67. The zero-order valence-electron chi connectivity index (χ0n) is 12.4. The molecule has 0 spiro atoms. The highest BCUT2D eigenvalue weighted by atomic mass is 32.1. The molecule has 5 heteroatoms. The molecule has 1 N–H and O–H groups in total. The number of hydrogen-bond acceptors (Lipinski definition) is 4. The fourth-order valence-electron chi connectivity index (χ4n) is 1.81. The molecule has 4 nitrogen and oxygen atoms in total. The molecule has 21 heavy (non-hydrogen) atoms. The third-order valence-electron chi connectivity index (χ3n) is 3.20. The standard InChI is InChI=1S/C16H19NO3S/c1-11(19-2)16(18)17-10-14-8-9-15(21-14)12-4-6-13(20-3)7-5-12/h4-9,11H,10H2,1-3H3,(H,17,18)/t11-/m1/s1. The lowest BCUT2D eigenvalue weighted by Gasteiger charge is -2.09. The minimum absolute atomic E-state index is 0.100. The largest absolute Gasteiger partial charge is 0.497 e. The van der Waals surface area contributed by atoms with Gasteiger partial charge in [0.1, 0.15) is 11.9 Å². The normalized spacial score (nSPS) is 12.0. The number of carbonyl (C=O) groups excluding carboxylic acids is 1. The Morgan fingerprint density at radius 2 is 1.90 bits per heavy atom. The zero-order chi connectivity index (χ0) is 15.2. The van der Waals surface area contributed by atoms with Gasteiger partial charge in [0.05, 0.1) is 13.7 Å². The fourth-order valence-corrected chi connectivity index (χ4v) is 2.76. The second-order valence-corrected chi connectivity index (χ2v) is 5.76. The molecule has 1 atom stereocenters. The number of rotatable bonds is 6. The van der Waals surface area contributed by atoms with Gasteiger partial charge in [-0.1, -0.05) is 0 Å². The summed E-state index contributed by atoms with van der Waals surface area (Å²) >= 11 is 1.66. The summed E-state index contributed by atoms with van der Waals surface area (Å²) in [6.45, 7) is 2.25. The summed E-state index contributed by atoms with van der Waals surface area (Å²) in [5.74, 6) is 0.744. The van der Waals surface area contributed by atoms with E-state index in [4.69, 9.17) is 9.47 Å². The maximum absolute atomic E-state index is 11.6. The van der Waals surface area contributed by atoms with Crippen LogP contribution in [0.2, 0.25) is 0 Å². The molecule has 2 rings (SSSR count). The minimum Gasteiger partial charge on any atom is -0.497 e. The molecule has 0 aliphatic heterocycles. The number of carbonyl (C=O) groups is 1. The van der Waals surface area contributed by atoms with Crippen molar-refractivity contribution in [1.29, 1.82) is 0 Å². The van der Waals surface area contributed by atoms with Crippen molar-refractivity contribution >= 4 is 17.2 Å². The van der Waals surface area contributed by atoms with Crippen molar-refractivity contribution in [3.8, 4) is 16.2 Å². The second kappa shape index (κ2) is 7.24. The van der Waals surface area contributed by atoms with Crippen LogP contribution in [0.25, 0.3) is 10.4 Å². The van der Waals surface area contributed by atoms with Crippen LogP contribution < -0.4 is 10.1 Å². The molecule has 0 aliphatic carbocycles. The number of ether oxygens (including phenoxy) is 2. The van der Waals surface area contributed by atoms with E-state index >= 15 is 0 Å². The molecule has 1 heterocycles. The summed E-state index contributed by atoms with van der Waals surface area (Å²) in [5, 5.41) is 2.86. The molecule has 2 aromatic rings. The molecule has 1 amide bonds. The molecule has 0 saturated carbocycles. The molecule has 1 aromatic carbocycles. The first-order valence-corrected chi connectivity index (χ1v) is 7.49. The summed E-state index contributed by atoms with van der Waals surface area (Å²) in [6.07, 6.45) is -0.425. The van der Waals surface area contributed by atoms with Crippen LogP contribution in [0.5, 0.6) is 5.75 Å². The number of methoxy groups -OCH3 is 2. The topological polar surface area (TPSA) is 47.6 Å². The highest BCUT2D eigenvalue weighted by Crippen LogP contribution is 2.29. The summed E-state index contributed by atoms with van der Waals surface area (Å²) in [7, 11) is 3.18. The Kier molecular flexibility index (Phi) is 5.36. The van der Waals surface area contributed by atoms with Crippen LogP contribution in [-0.2, 0) is 16.1 Å². The minimum atomic E-state index is -0.425. The first-order chi connectivity index (χ1) is 10.1. The van der Waals surface area contributed by atoms with Crippen LogP contribution in [0.3, 0.4) is 0 Å². The van der Waals surface area contributed by atoms with E-state index in [2.05, 4.69) is 11.4 Å². The van der Waals surface area contributed by atoms with E-state index in [1.165, 1.54) is 12.0 Å². The van der Waals surface area contributed by atoms with Crippen molar-refractivity contribution in [1.82, 2.24) is 5.32 Å². The summed E-state index contributed by atoms with van der Waals surface area (Å²) < 4.78 is 10.1. The van der Waals surface area contributed by atoms with Crippen molar-refractivity contribution in [2.24, 2.45) is 0 Å². The maximum Gasteiger partial charge on any atom is 0.249 e. The Morgan fingerprint density at radius 1 is 1.19 bits per heavy atom. The monoisotopic (exact) mass is 305 g/mol. The lowest BCUT2D eigenvalue weighted by Crippen LogP contribution is -2.33. The van der Waals surface area contributed by atoms with E-state index in [1.54, 1.807) is 25.4 Å². The molecule has 0 saturated heterocycles. The van der Waals surface area contributed by atoms with Crippen molar-refractivity contribution in [3.05, 3.63) is 41.3 Å². The first kappa shape index (κ1) is 15.5. The predicted molar refractivity (Wildman–Crippen MR) is 84.6 cm³/mol. The van der Waals surface area contributed by atoms with Crippen molar-refractivity contribution in [3.63, 3.8) is 0 Å². The van der Waals surface area contributed by atoms with E-state index in [1.807, 2.05) is 30.3 Å². The summed E-state index contributed by atoms with van der Waals surface area (Å²) in [4.78, 5) is 13.9. The number of amides is 1. The van der Waals surface area contributed by atoms with E-state index in [-0.39, 0.29) is 5.91 Å². The maximum atomic E-state index is 11.6. The third-order valence-corrected chi connectivity index (χ3v) is 4.33. The van der Waals surface area contributed by atoms with Gasteiger partial charge in [-0.3, -0.25) is 4.79 Å². The van der Waals surface area contributed by atoms with E-state index in [0.29, 0.717) is 6.54 Å². The lowest BCUT2D eigenvalue weighted by atomic mass is 10.2. The second-order valence-electron chi connectivity index (χ2n) is 4.59. The Labute approximate surface area is 128 Å². The Morgan fingerprint density at radius 3 is 2.52 bits per heavy atom. The third kappa shape index (κ3) is 4.06. The Bertz CT molecular complexity index is 592. The fraction of sp³-hybridized carbons (Fsp3) is 0.312. The average molecular weight is 305 g/mol. The van der Waals surface area contributed by atoms with Gasteiger partial charge in [0.25, 0.3) is 0 Å². The van der Waals surface area contributed by atoms with Crippen molar-refractivity contribution in [2.45, 2.75) is 19.6 Å². The smallest absolute Gasteiger partial charge is 0.249 e. The molecule has 0 bridgehead atoms. The molecule has 112 valence electrons. The highest BCUT2D eigenvalue weighted by molar-refractivity contribution is 7.15. The van der Waals surface area contributed by atoms with Gasteiger partial charge >= 0.3 is 0 Å². The molecule has 1 aromatic heterocycles.